The molecule has 2 aromatic heterocycles. The highest BCUT2D eigenvalue weighted by Crippen LogP contribution is 2.22. The second-order valence-corrected chi connectivity index (χ2v) is 3.51. The van der Waals surface area contributed by atoms with Crippen molar-refractivity contribution in [1.82, 2.24) is 20.2 Å². The first-order chi connectivity index (χ1) is 6.88. The van der Waals surface area contributed by atoms with E-state index in [-0.39, 0.29) is 0 Å². The number of aromatic amines is 1. The van der Waals surface area contributed by atoms with Crippen LogP contribution in [0.25, 0.3) is 0 Å². The van der Waals surface area contributed by atoms with Gasteiger partial charge >= 0.3 is 0 Å². The van der Waals surface area contributed by atoms with Gasteiger partial charge in [0, 0.05) is 7.05 Å². The highest BCUT2D eigenvalue weighted by Gasteiger charge is 2.01. The van der Waals surface area contributed by atoms with Gasteiger partial charge in [-0.05, 0) is 23.9 Å². The van der Waals surface area contributed by atoms with Crippen molar-refractivity contribution in [3.05, 3.63) is 24.5 Å². The van der Waals surface area contributed by atoms with Crippen LogP contribution in [-0.4, -0.2) is 27.2 Å². The number of rotatable bonds is 3. The van der Waals surface area contributed by atoms with Crippen molar-refractivity contribution in [2.75, 3.05) is 12.4 Å². The topological polar surface area (TPSA) is 66.5 Å². The quantitative estimate of drug-likeness (QED) is 0.796. The summed E-state index contributed by atoms with van der Waals surface area (Å²) in [6, 6.07) is 5.77. The van der Waals surface area contributed by atoms with Crippen molar-refractivity contribution < 1.29 is 0 Å². The minimum Gasteiger partial charge on any atom is -0.373 e. The van der Waals surface area contributed by atoms with E-state index in [2.05, 4.69) is 25.5 Å². The first-order valence-corrected chi connectivity index (χ1v) is 4.88. The maximum absolute atomic E-state index is 4.33. The van der Waals surface area contributed by atoms with E-state index in [4.69, 9.17) is 0 Å². The van der Waals surface area contributed by atoms with Gasteiger partial charge in [-0.15, -0.1) is 0 Å². The molecule has 0 aliphatic rings. The predicted octanol–water partition coefficient (Wildman–Crippen LogP) is 1.39. The molecule has 2 N–H and O–H groups in total. The zero-order valence-electron chi connectivity index (χ0n) is 7.56. The lowest BCUT2D eigenvalue weighted by Crippen LogP contribution is -1.92. The Morgan fingerprint density at radius 3 is 3.07 bits per heavy atom. The summed E-state index contributed by atoms with van der Waals surface area (Å²) >= 11 is 1.44. The van der Waals surface area contributed by atoms with Crippen LogP contribution in [0.3, 0.4) is 0 Å². The van der Waals surface area contributed by atoms with Crippen LogP contribution >= 0.6 is 11.8 Å². The van der Waals surface area contributed by atoms with Crippen molar-refractivity contribution in [3.63, 3.8) is 0 Å². The van der Waals surface area contributed by atoms with E-state index in [1.807, 2.05) is 25.2 Å². The zero-order chi connectivity index (χ0) is 9.80. The Bertz CT molecular complexity index is 400. The Kier molecular flexibility index (Phi) is 2.64. The number of nitrogens with one attached hydrogen (secondary N) is 2. The molecule has 72 valence electrons. The van der Waals surface area contributed by atoms with Crippen molar-refractivity contribution in [3.8, 4) is 0 Å². The fourth-order valence-electron chi connectivity index (χ4n) is 0.953. The molecule has 2 aromatic rings. The lowest BCUT2D eigenvalue weighted by atomic mass is 10.5. The molecule has 0 radical (unpaired) electrons. The largest absolute Gasteiger partial charge is 0.373 e. The monoisotopic (exact) mass is 207 g/mol. The Hall–Kier alpha value is -1.56. The van der Waals surface area contributed by atoms with Gasteiger partial charge in [-0.25, -0.2) is 9.97 Å². The third-order valence-electron chi connectivity index (χ3n) is 1.57. The molecule has 5 nitrogen and oxygen atoms in total. The van der Waals surface area contributed by atoms with E-state index in [1.54, 1.807) is 0 Å². The molecule has 0 aliphatic carbocycles. The molecular formula is C8H9N5S. The van der Waals surface area contributed by atoms with Gasteiger partial charge < -0.3 is 5.32 Å². The molecule has 0 saturated carbocycles. The number of H-pyrrole nitrogens is 1. The van der Waals surface area contributed by atoms with Crippen LogP contribution in [-0.2, 0) is 0 Å². The third kappa shape index (κ3) is 2.02. The molecule has 0 bridgehead atoms. The molecule has 6 heteroatoms. The zero-order valence-corrected chi connectivity index (χ0v) is 8.38. The van der Waals surface area contributed by atoms with Gasteiger partial charge in [0.25, 0.3) is 0 Å². The molecule has 2 heterocycles. The minimum atomic E-state index is 0.741. The van der Waals surface area contributed by atoms with Gasteiger partial charge in [0.15, 0.2) is 5.16 Å². The first-order valence-electron chi connectivity index (χ1n) is 4.06. The van der Waals surface area contributed by atoms with Crippen molar-refractivity contribution in [1.29, 1.82) is 0 Å². The van der Waals surface area contributed by atoms with Crippen LogP contribution < -0.4 is 5.32 Å². The Morgan fingerprint density at radius 1 is 1.43 bits per heavy atom. The average molecular weight is 207 g/mol. The van der Waals surface area contributed by atoms with Crippen LogP contribution in [0.4, 0.5) is 5.82 Å². The van der Waals surface area contributed by atoms with E-state index < -0.39 is 0 Å². The lowest BCUT2D eigenvalue weighted by molar-refractivity contribution is 0.967. The van der Waals surface area contributed by atoms with E-state index in [1.165, 1.54) is 18.1 Å². The van der Waals surface area contributed by atoms with E-state index in [0.717, 1.165) is 16.0 Å². The normalized spacial score (nSPS) is 10.1. The fourth-order valence-corrected chi connectivity index (χ4v) is 1.64. The number of pyridine rings is 1. The van der Waals surface area contributed by atoms with Crippen LogP contribution in [0.2, 0.25) is 0 Å². The Morgan fingerprint density at radius 2 is 2.36 bits per heavy atom. The van der Waals surface area contributed by atoms with Gasteiger partial charge in [0.1, 0.15) is 17.2 Å². The molecule has 0 unspecified atom stereocenters. The Labute approximate surface area is 85.4 Å². The van der Waals surface area contributed by atoms with Gasteiger partial charge in [0.05, 0.1) is 0 Å². The fraction of sp³-hybridized carbons (Fsp3) is 0.125. The van der Waals surface area contributed by atoms with Crippen molar-refractivity contribution in [2.45, 2.75) is 10.2 Å². The summed E-state index contributed by atoms with van der Waals surface area (Å²) in [7, 11) is 1.84. The van der Waals surface area contributed by atoms with Gasteiger partial charge in [-0.1, -0.05) is 6.07 Å². The summed E-state index contributed by atoms with van der Waals surface area (Å²) in [4.78, 5) is 8.33. The average Bonchev–Trinajstić information content (AvgIpc) is 2.71. The van der Waals surface area contributed by atoms with Crippen LogP contribution in [0.15, 0.2) is 34.7 Å². The maximum Gasteiger partial charge on any atom is 0.189 e. The summed E-state index contributed by atoms with van der Waals surface area (Å²) < 4.78 is 0. The van der Waals surface area contributed by atoms with E-state index in [0.29, 0.717) is 0 Å². The molecule has 0 saturated heterocycles. The van der Waals surface area contributed by atoms with Crippen molar-refractivity contribution in [2.24, 2.45) is 0 Å². The first kappa shape index (κ1) is 9.01. The van der Waals surface area contributed by atoms with Crippen LogP contribution in [0.5, 0.6) is 0 Å². The number of aromatic nitrogens is 4. The van der Waals surface area contributed by atoms with Crippen LogP contribution in [0, 0.1) is 0 Å². The molecule has 14 heavy (non-hydrogen) atoms. The van der Waals surface area contributed by atoms with Gasteiger partial charge in [0.2, 0.25) is 0 Å². The summed E-state index contributed by atoms with van der Waals surface area (Å²) in [5.74, 6) is 0.842. The SMILES string of the molecule is CNc1cccc(Sc2ncn[nH]2)n1. The minimum absolute atomic E-state index is 0.741. The van der Waals surface area contributed by atoms with E-state index >= 15 is 0 Å². The molecule has 0 atom stereocenters. The van der Waals surface area contributed by atoms with Gasteiger partial charge in [-0.3, -0.25) is 5.10 Å². The molecule has 2 rings (SSSR count). The van der Waals surface area contributed by atoms with Gasteiger partial charge in [-0.2, -0.15) is 5.10 Å². The molecule has 0 fully saturated rings. The molecule has 0 aromatic carbocycles. The number of nitrogens with zero attached hydrogens (tertiary/aromatic N) is 3. The summed E-state index contributed by atoms with van der Waals surface area (Å²) in [5.41, 5.74) is 0. The maximum atomic E-state index is 4.33. The smallest absolute Gasteiger partial charge is 0.189 e. The summed E-state index contributed by atoms with van der Waals surface area (Å²) in [6.45, 7) is 0. The van der Waals surface area contributed by atoms with Crippen LogP contribution in [0.1, 0.15) is 0 Å². The molecule has 0 spiro atoms. The second kappa shape index (κ2) is 4.10. The predicted molar refractivity (Wildman–Crippen MR) is 54.3 cm³/mol. The highest BCUT2D eigenvalue weighted by atomic mass is 32.2. The standard InChI is InChI=1S/C8H9N5S/c1-9-6-3-2-4-7(12-6)14-8-10-5-11-13-8/h2-5H,1H3,(H,9,12)(H,10,11,13). The highest BCUT2D eigenvalue weighted by molar-refractivity contribution is 7.99. The molecule has 0 aliphatic heterocycles. The second-order valence-electron chi connectivity index (χ2n) is 2.50. The molecular weight excluding hydrogens is 198 g/mol. The summed E-state index contributed by atoms with van der Waals surface area (Å²) in [6.07, 6.45) is 1.48. The number of hydrogen-bond donors (Lipinski definition) is 2. The van der Waals surface area contributed by atoms with E-state index in [9.17, 15) is 0 Å². The Balaban J connectivity index is 2.17. The number of hydrogen-bond acceptors (Lipinski definition) is 5. The molecule has 0 amide bonds. The number of anilines is 1. The summed E-state index contributed by atoms with van der Waals surface area (Å²) in [5, 5.41) is 11.1. The lowest BCUT2D eigenvalue weighted by Gasteiger charge is -2.00. The van der Waals surface area contributed by atoms with Crippen molar-refractivity contribution >= 4 is 17.6 Å². The third-order valence-corrected chi connectivity index (χ3v) is 2.40.